The van der Waals surface area contributed by atoms with Crippen molar-refractivity contribution in [3.63, 3.8) is 0 Å². The van der Waals surface area contributed by atoms with Crippen LogP contribution in [-0.2, 0) is 9.59 Å². The Hall–Kier alpha value is -1.10. The van der Waals surface area contributed by atoms with Gasteiger partial charge in [0, 0.05) is 13.1 Å². The molecule has 0 saturated carbocycles. The van der Waals surface area contributed by atoms with Crippen LogP contribution < -0.4 is 16.4 Å². The monoisotopic (exact) mass is 271 g/mol. The van der Waals surface area contributed by atoms with E-state index < -0.39 is 6.04 Å². The summed E-state index contributed by atoms with van der Waals surface area (Å²) in [5.41, 5.74) is 5.61. The van der Waals surface area contributed by atoms with E-state index in [2.05, 4.69) is 24.5 Å². The van der Waals surface area contributed by atoms with E-state index in [9.17, 15) is 9.59 Å². The number of nitrogens with one attached hydrogen (secondary N) is 2. The molecule has 5 nitrogen and oxygen atoms in total. The van der Waals surface area contributed by atoms with Gasteiger partial charge in [0.2, 0.25) is 11.8 Å². The third-order valence-electron chi connectivity index (χ3n) is 2.85. The normalized spacial score (nSPS) is 14.3. The fraction of sp³-hybridized carbons (Fsp3) is 0.857. The largest absolute Gasteiger partial charge is 0.354 e. The van der Waals surface area contributed by atoms with Gasteiger partial charge in [0.15, 0.2) is 0 Å². The summed E-state index contributed by atoms with van der Waals surface area (Å²) >= 11 is 0. The van der Waals surface area contributed by atoms with Crippen LogP contribution in [0.5, 0.6) is 0 Å². The van der Waals surface area contributed by atoms with E-state index in [1.54, 1.807) is 6.92 Å². The summed E-state index contributed by atoms with van der Waals surface area (Å²) in [6, 6.07) is -0.521. The molecule has 4 N–H and O–H groups in total. The molecule has 112 valence electrons. The third kappa shape index (κ3) is 7.82. The number of carbonyl (C=O) groups is 2. The molecule has 0 aromatic carbocycles. The van der Waals surface area contributed by atoms with Crippen molar-refractivity contribution in [2.45, 2.75) is 47.1 Å². The summed E-state index contributed by atoms with van der Waals surface area (Å²) in [5.74, 6) is 0.292. The quantitative estimate of drug-likeness (QED) is 0.613. The molecule has 0 heterocycles. The molecule has 0 saturated heterocycles. The highest BCUT2D eigenvalue weighted by molar-refractivity contribution is 5.88. The average molecular weight is 271 g/mol. The van der Waals surface area contributed by atoms with Gasteiger partial charge in [-0.3, -0.25) is 9.59 Å². The molecular formula is C14H29N3O2. The number of rotatable bonds is 8. The first-order chi connectivity index (χ1) is 8.77. The van der Waals surface area contributed by atoms with Gasteiger partial charge in [0.1, 0.15) is 6.04 Å². The number of hydrogen-bond donors (Lipinski definition) is 3. The summed E-state index contributed by atoms with van der Waals surface area (Å²) < 4.78 is 0. The molecule has 2 amide bonds. The average Bonchev–Trinajstić information content (AvgIpc) is 2.32. The fourth-order valence-electron chi connectivity index (χ4n) is 1.73. The summed E-state index contributed by atoms with van der Waals surface area (Å²) in [4.78, 5) is 23.8. The van der Waals surface area contributed by atoms with Gasteiger partial charge in [-0.1, -0.05) is 27.7 Å². The van der Waals surface area contributed by atoms with E-state index >= 15 is 0 Å². The van der Waals surface area contributed by atoms with Gasteiger partial charge in [0.25, 0.3) is 0 Å². The topological polar surface area (TPSA) is 84.2 Å². The smallest absolute Gasteiger partial charge is 0.242 e. The standard InChI is InChI=1S/C14H29N3O2/c1-9(2)6-12(7-15)14(19)17-11(5)13(18)16-8-10(3)4/h9-12H,6-8,15H2,1-5H3,(H,16,18)(H,17,19). The van der Waals surface area contributed by atoms with E-state index in [1.807, 2.05) is 13.8 Å². The lowest BCUT2D eigenvalue weighted by molar-refractivity contribution is -0.131. The Kier molecular flexibility index (Phi) is 8.39. The van der Waals surface area contributed by atoms with Crippen molar-refractivity contribution in [2.75, 3.05) is 13.1 Å². The van der Waals surface area contributed by atoms with Crippen LogP contribution in [0.15, 0.2) is 0 Å². The highest BCUT2D eigenvalue weighted by atomic mass is 16.2. The van der Waals surface area contributed by atoms with Gasteiger partial charge < -0.3 is 16.4 Å². The molecule has 0 aromatic heterocycles. The molecule has 0 aromatic rings. The van der Waals surface area contributed by atoms with E-state index in [0.29, 0.717) is 24.9 Å². The summed E-state index contributed by atoms with van der Waals surface area (Å²) in [5, 5.41) is 5.53. The molecule has 0 bridgehead atoms. The predicted octanol–water partition coefficient (Wildman–Crippen LogP) is 0.884. The van der Waals surface area contributed by atoms with Gasteiger partial charge in [-0.25, -0.2) is 0 Å². The molecule has 0 rings (SSSR count). The second-order valence-corrected chi connectivity index (χ2v) is 5.93. The van der Waals surface area contributed by atoms with Crippen molar-refractivity contribution in [1.29, 1.82) is 0 Å². The van der Waals surface area contributed by atoms with Crippen LogP contribution in [0.3, 0.4) is 0 Å². The lowest BCUT2D eigenvalue weighted by Crippen LogP contribution is -2.48. The highest BCUT2D eigenvalue weighted by Crippen LogP contribution is 2.10. The minimum atomic E-state index is -0.521. The Morgan fingerprint density at radius 2 is 1.58 bits per heavy atom. The van der Waals surface area contributed by atoms with Crippen LogP contribution in [0.2, 0.25) is 0 Å². The van der Waals surface area contributed by atoms with Crippen molar-refractivity contribution >= 4 is 11.8 Å². The Bertz CT molecular complexity index is 290. The minimum absolute atomic E-state index is 0.136. The zero-order valence-electron chi connectivity index (χ0n) is 12.8. The lowest BCUT2D eigenvalue weighted by Gasteiger charge is -2.20. The number of nitrogens with two attached hydrogens (primary N) is 1. The van der Waals surface area contributed by atoms with Crippen molar-refractivity contribution in [3.05, 3.63) is 0 Å². The maximum atomic E-state index is 12.0. The zero-order chi connectivity index (χ0) is 15.0. The van der Waals surface area contributed by atoms with E-state index in [4.69, 9.17) is 5.73 Å². The van der Waals surface area contributed by atoms with Gasteiger partial charge in [-0.15, -0.1) is 0 Å². The van der Waals surface area contributed by atoms with E-state index in [1.165, 1.54) is 0 Å². The maximum absolute atomic E-state index is 12.0. The van der Waals surface area contributed by atoms with Crippen LogP contribution in [0, 0.1) is 17.8 Å². The number of hydrogen-bond acceptors (Lipinski definition) is 3. The van der Waals surface area contributed by atoms with Crippen LogP contribution in [0.1, 0.15) is 41.0 Å². The van der Waals surface area contributed by atoms with E-state index in [-0.39, 0.29) is 17.7 Å². The molecular weight excluding hydrogens is 242 g/mol. The van der Waals surface area contributed by atoms with Crippen molar-refractivity contribution in [2.24, 2.45) is 23.5 Å². The Balaban J connectivity index is 4.25. The zero-order valence-corrected chi connectivity index (χ0v) is 12.8. The Labute approximate surface area is 116 Å². The molecule has 0 aliphatic heterocycles. The number of amides is 2. The molecule has 5 heteroatoms. The van der Waals surface area contributed by atoms with E-state index in [0.717, 1.165) is 6.42 Å². The fourth-order valence-corrected chi connectivity index (χ4v) is 1.73. The molecule has 2 unspecified atom stereocenters. The second kappa shape index (κ2) is 8.91. The SMILES string of the molecule is CC(C)CNC(=O)C(C)NC(=O)C(CN)CC(C)C. The van der Waals surface area contributed by atoms with Crippen molar-refractivity contribution in [1.82, 2.24) is 10.6 Å². The van der Waals surface area contributed by atoms with Crippen LogP contribution in [-0.4, -0.2) is 30.9 Å². The summed E-state index contributed by atoms with van der Waals surface area (Å²) in [6.07, 6.45) is 0.739. The molecule has 2 atom stereocenters. The number of carbonyl (C=O) groups excluding carboxylic acids is 2. The summed E-state index contributed by atoms with van der Waals surface area (Å²) in [6.45, 7) is 10.8. The molecule has 0 fully saturated rings. The Morgan fingerprint density at radius 1 is 1.00 bits per heavy atom. The first-order valence-corrected chi connectivity index (χ1v) is 7.06. The van der Waals surface area contributed by atoms with Gasteiger partial charge >= 0.3 is 0 Å². The molecule has 19 heavy (non-hydrogen) atoms. The maximum Gasteiger partial charge on any atom is 0.242 e. The van der Waals surface area contributed by atoms with Crippen molar-refractivity contribution < 1.29 is 9.59 Å². The molecule has 0 aliphatic carbocycles. The molecule has 0 aliphatic rings. The van der Waals surface area contributed by atoms with Crippen LogP contribution in [0.25, 0.3) is 0 Å². The Morgan fingerprint density at radius 3 is 2.00 bits per heavy atom. The molecule has 0 radical (unpaired) electrons. The van der Waals surface area contributed by atoms with Crippen LogP contribution >= 0.6 is 0 Å². The van der Waals surface area contributed by atoms with Gasteiger partial charge in [0.05, 0.1) is 5.92 Å². The lowest BCUT2D eigenvalue weighted by atomic mass is 9.96. The van der Waals surface area contributed by atoms with Crippen molar-refractivity contribution in [3.8, 4) is 0 Å². The van der Waals surface area contributed by atoms with Crippen LogP contribution in [0.4, 0.5) is 0 Å². The molecule has 0 spiro atoms. The highest BCUT2D eigenvalue weighted by Gasteiger charge is 2.22. The summed E-state index contributed by atoms with van der Waals surface area (Å²) in [7, 11) is 0. The first-order valence-electron chi connectivity index (χ1n) is 7.06. The van der Waals surface area contributed by atoms with Gasteiger partial charge in [-0.05, 0) is 25.2 Å². The second-order valence-electron chi connectivity index (χ2n) is 5.93. The first kappa shape index (κ1) is 17.9. The third-order valence-corrected chi connectivity index (χ3v) is 2.85. The minimum Gasteiger partial charge on any atom is -0.354 e. The van der Waals surface area contributed by atoms with Gasteiger partial charge in [-0.2, -0.15) is 0 Å². The predicted molar refractivity (Wildman–Crippen MR) is 77.5 cm³/mol.